The molecule has 0 fully saturated rings. The first-order chi connectivity index (χ1) is 10.4. The van der Waals surface area contributed by atoms with Crippen LogP contribution in [0.15, 0.2) is 24.3 Å². The molecule has 22 heavy (non-hydrogen) atoms. The summed E-state index contributed by atoms with van der Waals surface area (Å²) in [5.74, 6) is -0.300. The molecular weight excluding hydrogens is 276 g/mol. The zero-order valence-corrected chi connectivity index (χ0v) is 14.3. The number of carbonyl (C=O) groups excluding carboxylic acids is 2. The summed E-state index contributed by atoms with van der Waals surface area (Å²) in [5.41, 5.74) is 1.77. The predicted octanol–water partition coefficient (Wildman–Crippen LogP) is 2.92. The van der Waals surface area contributed by atoms with Crippen LogP contribution < -0.4 is 10.6 Å². The van der Waals surface area contributed by atoms with Gasteiger partial charge in [0.05, 0.1) is 0 Å². The van der Waals surface area contributed by atoms with E-state index in [9.17, 15) is 9.59 Å². The van der Waals surface area contributed by atoms with E-state index in [-0.39, 0.29) is 23.8 Å². The highest BCUT2D eigenvalue weighted by atomic mass is 16.2. The second kappa shape index (κ2) is 8.57. The zero-order chi connectivity index (χ0) is 16.7. The Balaban J connectivity index is 2.76. The van der Waals surface area contributed by atoms with Gasteiger partial charge in [0.25, 0.3) is 5.91 Å². The lowest BCUT2D eigenvalue weighted by atomic mass is 10.0. The molecule has 1 rings (SSSR count). The summed E-state index contributed by atoms with van der Waals surface area (Å²) in [5, 5.41) is 5.78. The molecule has 0 bridgehead atoms. The Bertz CT molecular complexity index is 494. The normalized spacial score (nSPS) is 13.5. The molecule has 0 spiro atoms. The van der Waals surface area contributed by atoms with E-state index in [1.807, 2.05) is 39.8 Å². The molecule has 0 radical (unpaired) electrons. The fourth-order valence-corrected chi connectivity index (χ4v) is 2.09. The third kappa shape index (κ3) is 5.17. The highest BCUT2D eigenvalue weighted by Crippen LogP contribution is 2.08. The molecule has 2 amide bonds. The van der Waals surface area contributed by atoms with Crippen LogP contribution in [0.5, 0.6) is 0 Å². The summed E-state index contributed by atoms with van der Waals surface area (Å²) < 4.78 is 0. The molecule has 0 aliphatic rings. The van der Waals surface area contributed by atoms with Gasteiger partial charge in [-0.1, -0.05) is 39.8 Å². The molecule has 0 aliphatic carbocycles. The van der Waals surface area contributed by atoms with Gasteiger partial charge in [0.1, 0.15) is 6.04 Å². The Morgan fingerprint density at radius 2 is 1.59 bits per heavy atom. The van der Waals surface area contributed by atoms with E-state index in [0.717, 1.165) is 12.8 Å². The highest BCUT2D eigenvalue weighted by Gasteiger charge is 2.25. The number of hydrogen-bond donors (Lipinski definition) is 2. The average molecular weight is 304 g/mol. The van der Waals surface area contributed by atoms with E-state index in [4.69, 9.17) is 0 Å². The van der Waals surface area contributed by atoms with E-state index >= 15 is 0 Å². The molecule has 0 saturated carbocycles. The quantitative estimate of drug-likeness (QED) is 0.813. The van der Waals surface area contributed by atoms with Crippen molar-refractivity contribution in [3.8, 4) is 0 Å². The topological polar surface area (TPSA) is 58.2 Å². The van der Waals surface area contributed by atoms with Crippen molar-refractivity contribution in [3.05, 3.63) is 35.4 Å². The summed E-state index contributed by atoms with van der Waals surface area (Å²) in [7, 11) is 0. The van der Waals surface area contributed by atoms with Crippen LogP contribution in [0, 0.1) is 5.92 Å². The van der Waals surface area contributed by atoms with Gasteiger partial charge in [-0.3, -0.25) is 9.59 Å². The highest BCUT2D eigenvalue weighted by molar-refractivity contribution is 5.97. The summed E-state index contributed by atoms with van der Waals surface area (Å²) in [6.45, 7) is 9.91. The van der Waals surface area contributed by atoms with Crippen LogP contribution in [-0.2, 0) is 11.2 Å². The molecule has 0 aliphatic heterocycles. The first-order valence-electron chi connectivity index (χ1n) is 8.09. The first kappa shape index (κ1) is 18.2. The van der Waals surface area contributed by atoms with Gasteiger partial charge in [-0.2, -0.15) is 0 Å². The van der Waals surface area contributed by atoms with Crippen molar-refractivity contribution in [2.75, 3.05) is 0 Å². The van der Waals surface area contributed by atoms with Crippen LogP contribution in [0.1, 0.15) is 57.0 Å². The molecule has 0 aromatic heterocycles. The molecule has 1 aromatic carbocycles. The van der Waals surface area contributed by atoms with Crippen molar-refractivity contribution in [1.29, 1.82) is 0 Å². The lowest BCUT2D eigenvalue weighted by Crippen LogP contribution is -2.51. The number of aryl methyl sites for hydroxylation is 1. The molecule has 4 heteroatoms. The van der Waals surface area contributed by atoms with E-state index < -0.39 is 6.04 Å². The SMILES string of the molecule is CCc1ccc(C(=O)N[C@H](C(=O)N[C@H](C)CC)C(C)C)cc1. The molecule has 2 atom stereocenters. The molecule has 0 unspecified atom stereocenters. The van der Waals surface area contributed by atoms with Crippen molar-refractivity contribution in [2.24, 2.45) is 5.92 Å². The zero-order valence-electron chi connectivity index (χ0n) is 14.3. The summed E-state index contributed by atoms with van der Waals surface area (Å²) >= 11 is 0. The fraction of sp³-hybridized carbons (Fsp3) is 0.556. The molecular formula is C18H28N2O2. The van der Waals surface area contributed by atoms with Gasteiger partial charge < -0.3 is 10.6 Å². The molecule has 0 heterocycles. The smallest absolute Gasteiger partial charge is 0.251 e. The minimum Gasteiger partial charge on any atom is -0.352 e. The van der Waals surface area contributed by atoms with Gasteiger partial charge in [0.2, 0.25) is 5.91 Å². The van der Waals surface area contributed by atoms with Gasteiger partial charge in [-0.15, -0.1) is 0 Å². The number of amides is 2. The Morgan fingerprint density at radius 1 is 1.00 bits per heavy atom. The molecule has 2 N–H and O–H groups in total. The second-order valence-corrected chi connectivity index (χ2v) is 6.06. The van der Waals surface area contributed by atoms with Gasteiger partial charge in [0.15, 0.2) is 0 Å². The van der Waals surface area contributed by atoms with Crippen LogP contribution >= 0.6 is 0 Å². The Kier molecular flexibility index (Phi) is 7.09. The van der Waals surface area contributed by atoms with E-state index in [2.05, 4.69) is 17.6 Å². The van der Waals surface area contributed by atoms with Crippen molar-refractivity contribution in [3.63, 3.8) is 0 Å². The van der Waals surface area contributed by atoms with Crippen molar-refractivity contribution in [2.45, 2.75) is 59.5 Å². The number of benzene rings is 1. The van der Waals surface area contributed by atoms with Gasteiger partial charge in [-0.25, -0.2) is 0 Å². The molecule has 0 saturated heterocycles. The Hall–Kier alpha value is -1.84. The van der Waals surface area contributed by atoms with Crippen LogP contribution in [-0.4, -0.2) is 23.9 Å². The lowest BCUT2D eigenvalue weighted by molar-refractivity contribution is -0.124. The van der Waals surface area contributed by atoms with E-state index in [1.54, 1.807) is 12.1 Å². The second-order valence-electron chi connectivity index (χ2n) is 6.06. The van der Waals surface area contributed by atoms with Gasteiger partial charge in [0, 0.05) is 11.6 Å². The van der Waals surface area contributed by atoms with Gasteiger partial charge in [-0.05, 0) is 43.4 Å². The Morgan fingerprint density at radius 3 is 2.05 bits per heavy atom. The monoisotopic (exact) mass is 304 g/mol. The minimum atomic E-state index is -0.521. The summed E-state index contributed by atoms with van der Waals surface area (Å²) in [6.07, 6.45) is 1.80. The van der Waals surface area contributed by atoms with Crippen LogP contribution in [0.25, 0.3) is 0 Å². The van der Waals surface area contributed by atoms with Crippen LogP contribution in [0.4, 0.5) is 0 Å². The maximum Gasteiger partial charge on any atom is 0.251 e. The number of hydrogen-bond acceptors (Lipinski definition) is 2. The largest absolute Gasteiger partial charge is 0.352 e. The number of carbonyl (C=O) groups is 2. The fourth-order valence-electron chi connectivity index (χ4n) is 2.09. The van der Waals surface area contributed by atoms with E-state index in [0.29, 0.717) is 5.56 Å². The van der Waals surface area contributed by atoms with Gasteiger partial charge >= 0.3 is 0 Å². The molecule has 1 aromatic rings. The number of nitrogens with one attached hydrogen (secondary N) is 2. The third-order valence-corrected chi connectivity index (χ3v) is 3.86. The Labute approximate surface area is 133 Å². The standard InChI is InChI=1S/C18H28N2O2/c1-6-13(5)19-18(22)16(12(3)4)20-17(21)15-10-8-14(7-2)9-11-15/h8-13,16H,6-7H2,1-5H3,(H,19,22)(H,20,21)/t13-,16+/m1/s1. The predicted molar refractivity (Wildman–Crippen MR) is 89.8 cm³/mol. The van der Waals surface area contributed by atoms with E-state index in [1.165, 1.54) is 5.56 Å². The number of rotatable bonds is 7. The average Bonchev–Trinajstić information content (AvgIpc) is 2.51. The maximum absolute atomic E-state index is 12.3. The third-order valence-electron chi connectivity index (χ3n) is 3.86. The van der Waals surface area contributed by atoms with Crippen molar-refractivity contribution in [1.82, 2.24) is 10.6 Å². The summed E-state index contributed by atoms with van der Waals surface area (Å²) in [4.78, 5) is 24.6. The molecule has 4 nitrogen and oxygen atoms in total. The van der Waals surface area contributed by atoms with Crippen LogP contribution in [0.3, 0.4) is 0 Å². The molecule has 122 valence electrons. The first-order valence-corrected chi connectivity index (χ1v) is 8.09. The van der Waals surface area contributed by atoms with Crippen molar-refractivity contribution < 1.29 is 9.59 Å². The maximum atomic E-state index is 12.3. The van der Waals surface area contributed by atoms with Crippen molar-refractivity contribution >= 4 is 11.8 Å². The summed E-state index contributed by atoms with van der Waals surface area (Å²) in [6, 6.07) is 7.08. The lowest BCUT2D eigenvalue weighted by Gasteiger charge is -2.23. The van der Waals surface area contributed by atoms with Crippen LogP contribution in [0.2, 0.25) is 0 Å². The minimum absolute atomic E-state index is 0.0305.